The van der Waals surface area contributed by atoms with E-state index < -0.39 is 44.6 Å². The van der Waals surface area contributed by atoms with Gasteiger partial charge in [-0.2, -0.15) is 0 Å². The summed E-state index contributed by atoms with van der Waals surface area (Å²) >= 11 is 6.30. The maximum absolute atomic E-state index is 14.7. The van der Waals surface area contributed by atoms with Crippen molar-refractivity contribution in [2.45, 2.75) is 24.0 Å². The Morgan fingerprint density at radius 2 is 1.72 bits per heavy atom. The third-order valence-electron chi connectivity index (χ3n) is 5.72. The maximum Gasteiger partial charge on any atom is 0.253 e. The summed E-state index contributed by atoms with van der Waals surface area (Å²) in [6, 6.07) is 12.5. The van der Waals surface area contributed by atoms with E-state index in [1.165, 1.54) is 17.9 Å². The van der Waals surface area contributed by atoms with E-state index in [4.69, 9.17) is 16.3 Å². The summed E-state index contributed by atoms with van der Waals surface area (Å²) in [5.41, 5.74) is 0.237. The Bertz CT molecular complexity index is 1440. The van der Waals surface area contributed by atoms with Crippen LogP contribution in [0.5, 0.6) is 5.75 Å². The van der Waals surface area contributed by atoms with Gasteiger partial charge in [-0.1, -0.05) is 41.9 Å². The monoisotopic (exact) mass is 533 g/mol. The molecule has 3 aromatic carbocycles. The second kappa shape index (κ2) is 10.4. The number of hydrogen-bond donors (Lipinski definition) is 0. The topological polar surface area (TPSA) is 80.8 Å². The van der Waals surface area contributed by atoms with Crippen molar-refractivity contribution in [2.75, 3.05) is 19.7 Å². The molecule has 6 nitrogen and oxygen atoms in total. The highest BCUT2D eigenvalue weighted by Crippen LogP contribution is 2.37. The summed E-state index contributed by atoms with van der Waals surface area (Å²) in [6.45, 7) is 1.86. The number of hydrogen-bond acceptors (Lipinski definition) is 5. The summed E-state index contributed by atoms with van der Waals surface area (Å²) in [5.74, 6) is -3.83. The average molecular weight is 534 g/mol. The lowest BCUT2D eigenvalue weighted by atomic mass is 10.0. The molecule has 0 spiro atoms. The number of sulfone groups is 1. The van der Waals surface area contributed by atoms with E-state index >= 15 is 0 Å². The highest BCUT2D eigenvalue weighted by Gasteiger charge is 2.29. The molecular weight excluding hydrogens is 512 g/mol. The van der Waals surface area contributed by atoms with Gasteiger partial charge in [0, 0.05) is 35.8 Å². The van der Waals surface area contributed by atoms with Crippen LogP contribution in [0.25, 0.3) is 11.1 Å². The Morgan fingerprint density at radius 3 is 2.33 bits per heavy atom. The van der Waals surface area contributed by atoms with E-state index in [1.807, 2.05) is 0 Å². The molecule has 10 heteroatoms. The lowest BCUT2D eigenvalue weighted by Gasteiger charge is -2.31. The molecule has 0 aliphatic carbocycles. The van der Waals surface area contributed by atoms with Crippen molar-refractivity contribution in [3.63, 3.8) is 0 Å². The van der Waals surface area contributed by atoms with Crippen LogP contribution in [-0.4, -0.2) is 44.7 Å². The predicted octanol–water partition coefficient (Wildman–Crippen LogP) is 5.07. The molecule has 0 radical (unpaired) electrons. The fourth-order valence-corrected chi connectivity index (χ4v) is 5.64. The van der Waals surface area contributed by atoms with Gasteiger partial charge in [0.05, 0.1) is 10.8 Å². The summed E-state index contributed by atoms with van der Waals surface area (Å²) in [6.07, 6.45) is 0.831. The van der Waals surface area contributed by atoms with Gasteiger partial charge < -0.3 is 9.64 Å². The van der Waals surface area contributed by atoms with Crippen LogP contribution >= 0.6 is 11.6 Å². The van der Waals surface area contributed by atoms with Crippen molar-refractivity contribution < 1.29 is 31.5 Å². The highest BCUT2D eigenvalue weighted by atomic mass is 35.5. The fourth-order valence-electron chi connectivity index (χ4n) is 3.76. The molecule has 0 N–H and O–H groups in total. The van der Waals surface area contributed by atoms with Gasteiger partial charge in [-0.15, -0.1) is 0 Å². The van der Waals surface area contributed by atoms with Crippen molar-refractivity contribution in [1.29, 1.82) is 0 Å². The molecule has 1 heterocycles. The molecule has 0 saturated carbocycles. The van der Waals surface area contributed by atoms with Gasteiger partial charge in [0.15, 0.2) is 21.4 Å². The first-order chi connectivity index (χ1) is 17.1. The molecule has 3 aromatic rings. The number of benzene rings is 3. The van der Waals surface area contributed by atoms with Crippen molar-refractivity contribution in [3.05, 3.63) is 82.4 Å². The van der Waals surface area contributed by atoms with Crippen molar-refractivity contribution >= 4 is 33.1 Å². The molecule has 1 aliphatic rings. The van der Waals surface area contributed by atoms with Crippen LogP contribution in [0, 0.1) is 11.6 Å². The van der Waals surface area contributed by atoms with E-state index in [2.05, 4.69) is 0 Å². The zero-order valence-electron chi connectivity index (χ0n) is 19.3. The Kier molecular flexibility index (Phi) is 7.42. The molecule has 1 amide bonds. The van der Waals surface area contributed by atoms with Gasteiger partial charge in [-0.05, 0) is 37.1 Å². The van der Waals surface area contributed by atoms with Crippen LogP contribution in [0.3, 0.4) is 0 Å². The number of nitrogens with zero attached hydrogens (tertiary/aromatic N) is 1. The number of halogens is 3. The summed E-state index contributed by atoms with van der Waals surface area (Å²) in [7, 11) is -4.37. The SMILES string of the molecule is CC(=O)COc1c(Cl)cc(C(=O)N2CCC2)cc1S(=O)(=O)Cc1cc(-c2ccccc2)c(F)cc1F. The molecule has 0 bridgehead atoms. The number of carbonyl (C=O) groups excluding carboxylic acids is 2. The van der Waals surface area contributed by atoms with E-state index in [1.54, 1.807) is 30.3 Å². The Labute approximate surface area is 212 Å². The summed E-state index contributed by atoms with van der Waals surface area (Å²) in [4.78, 5) is 25.3. The minimum atomic E-state index is -4.37. The Hall–Kier alpha value is -3.30. The first-order valence-electron chi connectivity index (χ1n) is 11.1. The second-order valence-electron chi connectivity index (χ2n) is 8.47. The molecule has 1 fully saturated rings. The quantitative estimate of drug-likeness (QED) is 0.404. The van der Waals surface area contributed by atoms with Crippen LogP contribution in [0.4, 0.5) is 8.78 Å². The summed E-state index contributed by atoms with van der Waals surface area (Å²) in [5, 5.41) is -0.175. The van der Waals surface area contributed by atoms with Gasteiger partial charge in [-0.3, -0.25) is 9.59 Å². The number of rotatable bonds is 8. The average Bonchev–Trinajstić information content (AvgIpc) is 2.78. The number of amides is 1. The molecule has 0 atom stereocenters. The summed E-state index contributed by atoms with van der Waals surface area (Å²) < 4.78 is 61.7. The van der Waals surface area contributed by atoms with E-state index in [9.17, 15) is 26.8 Å². The lowest BCUT2D eigenvalue weighted by molar-refractivity contribution is -0.118. The fraction of sp³-hybridized carbons (Fsp3) is 0.231. The largest absolute Gasteiger partial charge is 0.483 e. The number of likely N-dealkylation sites (tertiary alicyclic amines) is 1. The van der Waals surface area contributed by atoms with Crippen LogP contribution in [0.1, 0.15) is 29.3 Å². The van der Waals surface area contributed by atoms with Crippen LogP contribution in [-0.2, 0) is 20.4 Å². The number of Topliss-reactive ketones (excluding diaryl/α,β-unsaturated/α-hetero) is 1. The normalized spacial score (nSPS) is 13.3. The smallest absolute Gasteiger partial charge is 0.253 e. The molecule has 36 heavy (non-hydrogen) atoms. The minimum absolute atomic E-state index is 0.0259. The molecule has 1 aliphatic heterocycles. The van der Waals surface area contributed by atoms with E-state index in [0.717, 1.165) is 18.6 Å². The van der Waals surface area contributed by atoms with Crippen LogP contribution in [0.2, 0.25) is 5.02 Å². The number of ether oxygens (including phenoxy) is 1. The first-order valence-corrected chi connectivity index (χ1v) is 13.1. The van der Waals surface area contributed by atoms with Gasteiger partial charge in [0.1, 0.15) is 23.1 Å². The van der Waals surface area contributed by atoms with Crippen LogP contribution in [0.15, 0.2) is 59.5 Å². The first kappa shape index (κ1) is 25.8. The van der Waals surface area contributed by atoms with Crippen LogP contribution < -0.4 is 4.74 Å². The molecule has 0 unspecified atom stereocenters. The van der Waals surface area contributed by atoms with Crippen molar-refractivity contribution in [3.8, 4) is 16.9 Å². The Morgan fingerprint density at radius 1 is 1.03 bits per heavy atom. The standard InChI is InChI=1S/C26H22ClF2NO5S/c1-16(31)14-35-25-21(27)11-18(26(32)30-8-5-9-30)12-24(25)36(33,34)15-19-10-20(23(29)13-22(19)28)17-6-3-2-4-7-17/h2-4,6-7,10-13H,5,8-9,14-15H2,1H3. The van der Waals surface area contributed by atoms with E-state index in [0.29, 0.717) is 24.7 Å². The van der Waals surface area contributed by atoms with Gasteiger partial charge in [-0.25, -0.2) is 17.2 Å². The maximum atomic E-state index is 14.7. The molecular formula is C26H22ClF2NO5S. The minimum Gasteiger partial charge on any atom is -0.483 e. The van der Waals surface area contributed by atoms with Gasteiger partial charge in [0.25, 0.3) is 5.91 Å². The van der Waals surface area contributed by atoms with Crippen molar-refractivity contribution in [1.82, 2.24) is 4.90 Å². The van der Waals surface area contributed by atoms with Gasteiger partial charge in [0.2, 0.25) is 0 Å². The lowest BCUT2D eigenvalue weighted by Crippen LogP contribution is -2.42. The zero-order chi connectivity index (χ0) is 26.0. The molecule has 0 aromatic heterocycles. The molecule has 188 valence electrons. The third-order valence-corrected chi connectivity index (χ3v) is 7.67. The van der Waals surface area contributed by atoms with Gasteiger partial charge >= 0.3 is 0 Å². The predicted molar refractivity (Wildman–Crippen MR) is 131 cm³/mol. The number of ketones is 1. The number of carbonyl (C=O) groups is 2. The second-order valence-corrected chi connectivity index (χ2v) is 10.8. The highest BCUT2D eigenvalue weighted by molar-refractivity contribution is 7.90. The zero-order valence-corrected chi connectivity index (χ0v) is 20.8. The Balaban J connectivity index is 1.78. The third kappa shape index (κ3) is 5.42. The molecule has 1 saturated heterocycles. The molecule has 4 rings (SSSR count). The van der Waals surface area contributed by atoms with E-state index in [-0.39, 0.29) is 33.2 Å². The van der Waals surface area contributed by atoms with Crippen molar-refractivity contribution in [2.24, 2.45) is 0 Å².